The molecule has 0 aliphatic heterocycles. The second-order valence-corrected chi connectivity index (χ2v) is 5.88. The molecule has 1 heterocycles. The van der Waals surface area contributed by atoms with Gasteiger partial charge >= 0.3 is 5.97 Å². The number of carbonyl (C=O) groups is 3. The summed E-state index contributed by atoms with van der Waals surface area (Å²) in [6, 6.07) is 3.05. The zero-order chi connectivity index (χ0) is 16.9. The molecular formula is C15H18ClN3O4. The monoisotopic (exact) mass is 339 g/mol. The van der Waals surface area contributed by atoms with Crippen LogP contribution < -0.4 is 10.6 Å². The van der Waals surface area contributed by atoms with Crippen molar-refractivity contribution < 1.29 is 19.5 Å². The van der Waals surface area contributed by atoms with Crippen molar-refractivity contribution in [1.82, 2.24) is 15.6 Å². The normalized spacial score (nSPS) is 16.4. The molecule has 1 aliphatic rings. The Labute approximate surface area is 138 Å². The second-order valence-electron chi connectivity index (χ2n) is 5.52. The first kappa shape index (κ1) is 17.2. The maximum absolute atomic E-state index is 12.0. The van der Waals surface area contributed by atoms with Gasteiger partial charge in [0.1, 0.15) is 10.7 Å². The first-order valence-corrected chi connectivity index (χ1v) is 7.75. The van der Waals surface area contributed by atoms with Crippen molar-refractivity contribution in [2.45, 2.75) is 37.6 Å². The molecule has 23 heavy (non-hydrogen) atoms. The van der Waals surface area contributed by atoms with Crippen LogP contribution in [0.1, 0.15) is 42.5 Å². The van der Waals surface area contributed by atoms with E-state index in [1.807, 2.05) is 0 Å². The summed E-state index contributed by atoms with van der Waals surface area (Å²) in [4.78, 5) is 39.2. The number of aromatic nitrogens is 1. The van der Waals surface area contributed by atoms with Crippen molar-refractivity contribution in [2.75, 3.05) is 6.54 Å². The lowest BCUT2D eigenvalue weighted by Crippen LogP contribution is -2.57. The Balaban J connectivity index is 1.93. The molecule has 0 atom stereocenters. The molecule has 2 rings (SSSR count). The zero-order valence-corrected chi connectivity index (χ0v) is 13.2. The Morgan fingerprint density at radius 1 is 1.26 bits per heavy atom. The number of hydrogen-bond donors (Lipinski definition) is 3. The van der Waals surface area contributed by atoms with Crippen LogP contribution >= 0.6 is 11.6 Å². The average molecular weight is 340 g/mol. The summed E-state index contributed by atoms with van der Waals surface area (Å²) in [6.07, 6.45) is 4.72. The molecular weight excluding hydrogens is 322 g/mol. The largest absolute Gasteiger partial charge is 0.480 e. The summed E-state index contributed by atoms with van der Waals surface area (Å²) in [5, 5.41) is 14.4. The van der Waals surface area contributed by atoms with Crippen molar-refractivity contribution in [3.05, 3.63) is 29.0 Å². The minimum absolute atomic E-state index is 0.0414. The van der Waals surface area contributed by atoms with Crippen LogP contribution in [0.4, 0.5) is 0 Å². The van der Waals surface area contributed by atoms with Gasteiger partial charge in [0.25, 0.3) is 5.91 Å². The van der Waals surface area contributed by atoms with Crippen molar-refractivity contribution in [2.24, 2.45) is 0 Å². The van der Waals surface area contributed by atoms with Gasteiger partial charge in [-0.2, -0.15) is 0 Å². The van der Waals surface area contributed by atoms with Crippen LogP contribution in [0.5, 0.6) is 0 Å². The number of rotatable bonds is 5. The van der Waals surface area contributed by atoms with Crippen LogP contribution in [0.25, 0.3) is 0 Å². The molecule has 8 heteroatoms. The van der Waals surface area contributed by atoms with Gasteiger partial charge in [-0.05, 0) is 25.0 Å². The van der Waals surface area contributed by atoms with Crippen molar-refractivity contribution in [1.29, 1.82) is 0 Å². The standard InChI is InChI=1S/C15H18ClN3O4/c16-12-10(5-4-8-17-12)13(21)18-9-11(20)19-15(14(22)23)6-2-1-3-7-15/h4-5,8H,1-3,6-7,9H2,(H,18,21)(H,19,20)(H,22,23). The van der Waals surface area contributed by atoms with E-state index in [1.165, 1.54) is 12.3 Å². The highest BCUT2D eigenvalue weighted by Crippen LogP contribution is 2.28. The number of carbonyl (C=O) groups excluding carboxylic acids is 2. The lowest BCUT2D eigenvalue weighted by atomic mass is 9.81. The molecule has 124 valence electrons. The van der Waals surface area contributed by atoms with Gasteiger partial charge in [0.2, 0.25) is 5.91 Å². The summed E-state index contributed by atoms with van der Waals surface area (Å²) < 4.78 is 0. The summed E-state index contributed by atoms with van der Waals surface area (Å²) in [7, 11) is 0. The third-order valence-electron chi connectivity index (χ3n) is 3.91. The maximum Gasteiger partial charge on any atom is 0.329 e. The maximum atomic E-state index is 12.0. The highest BCUT2D eigenvalue weighted by Gasteiger charge is 2.40. The fourth-order valence-electron chi connectivity index (χ4n) is 2.67. The molecule has 0 spiro atoms. The first-order chi connectivity index (χ1) is 10.9. The van der Waals surface area contributed by atoms with E-state index in [-0.39, 0.29) is 17.3 Å². The van der Waals surface area contributed by atoms with E-state index < -0.39 is 23.3 Å². The molecule has 0 bridgehead atoms. The number of carboxylic acid groups (broad SMARTS) is 1. The first-order valence-electron chi connectivity index (χ1n) is 7.38. The smallest absolute Gasteiger partial charge is 0.329 e. The third-order valence-corrected chi connectivity index (χ3v) is 4.21. The molecule has 0 aromatic carbocycles. The van der Waals surface area contributed by atoms with Crippen LogP contribution in [0.2, 0.25) is 5.15 Å². The van der Waals surface area contributed by atoms with Crippen LogP contribution in [-0.2, 0) is 9.59 Å². The number of carboxylic acids is 1. The Bertz CT molecular complexity index is 614. The van der Waals surface area contributed by atoms with E-state index in [0.717, 1.165) is 19.3 Å². The van der Waals surface area contributed by atoms with E-state index in [4.69, 9.17) is 11.6 Å². The average Bonchev–Trinajstić information content (AvgIpc) is 2.54. The second kappa shape index (κ2) is 7.41. The molecule has 1 fully saturated rings. The zero-order valence-electron chi connectivity index (χ0n) is 12.5. The number of nitrogens with zero attached hydrogens (tertiary/aromatic N) is 1. The minimum Gasteiger partial charge on any atom is -0.480 e. The summed E-state index contributed by atoms with van der Waals surface area (Å²) in [5.74, 6) is -2.11. The number of nitrogens with one attached hydrogen (secondary N) is 2. The molecule has 0 saturated heterocycles. The fraction of sp³-hybridized carbons (Fsp3) is 0.467. The number of pyridine rings is 1. The highest BCUT2D eigenvalue weighted by atomic mass is 35.5. The van der Waals surface area contributed by atoms with Gasteiger partial charge in [0.15, 0.2) is 0 Å². The highest BCUT2D eigenvalue weighted by molar-refractivity contribution is 6.32. The minimum atomic E-state index is -1.23. The summed E-state index contributed by atoms with van der Waals surface area (Å²) >= 11 is 5.80. The van der Waals surface area contributed by atoms with E-state index in [1.54, 1.807) is 6.07 Å². The SMILES string of the molecule is O=C(CNC(=O)c1cccnc1Cl)NC1(C(=O)O)CCCCC1. The van der Waals surface area contributed by atoms with E-state index in [9.17, 15) is 19.5 Å². The van der Waals surface area contributed by atoms with E-state index >= 15 is 0 Å². The van der Waals surface area contributed by atoms with Crippen LogP contribution in [0.3, 0.4) is 0 Å². The molecule has 3 N–H and O–H groups in total. The van der Waals surface area contributed by atoms with Gasteiger partial charge in [-0.3, -0.25) is 9.59 Å². The predicted octanol–water partition coefficient (Wildman–Crippen LogP) is 1.37. The van der Waals surface area contributed by atoms with Gasteiger partial charge < -0.3 is 15.7 Å². The molecule has 1 aromatic heterocycles. The van der Waals surface area contributed by atoms with Gasteiger partial charge in [-0.1, -0.05) is 30.9 Å². The number of hydrogen-bond acceptors (Lipinski definition) is 4. The summed E-state index contributed by atoms with van der Waals surface area (Å²) in [5.41, 5.74) is -1.07. The van der Waals surface area contributed by atoms with Gasteiger partial charge in [0, 0.05) is 6.20 Å². The third kappa shape index (κ3) is 4.19. The molecule has 0 radical (unpaired) electrons. The molecule has 2 amide bonds. The van der Waals surface area contributed by atoms with Crippen LogP contribution in [0.15, 0.2) is 18.3 Å². The predicted molar refractivity (Wildman–Crippen MR) is 83.2 cm³/mol. The summed E-state index contributed by atoms with van der Waals surface area (Å²) in [6.45, 7) is -0.320. The Morgan fingerprint density at radius 2 is 1.96 bits per heavy atom. The van der Waals surface area contributed by atoms with E-state index in [0.29, 0.717) is 12.8 Å². The number of aliphatic carboxylic acids is 1. The topological polar surface area (TPSA) is 108 Å². The molecule has 0 unspecified atom stereocenters. The Kier molecular flexibility index (Phi) is 5.54. The van der Waals surface area contributed by atoms with Gasteiger partial charge in [-0.15, -0.1) is 0 Å². The lowest BCUT2D eigenvalue weighted by molar-refractivity contribution is -0.149. The number of halogens is 1. The van der Waals surface area contributed by atoms with Gasteiger partial charge in [-0.25, -0.2) is 9.78 Å². The van der Waals surface area contributed by atoms with Crippen LogP contribution in [-0.4, -0.2) is 40.0 Å². The van der Waals surface area contributed by atoms with Crippen molar-refractivity contribution in [3.63, 3.8) is 0 Å². The van der Waals surface area contributed by atoms with Crippen molar-refractivity contribution in [3.8, 4) is 0 Å². The van der Waals surface area contributed by atoms with E-state index in [2.05, 4.69) is 15.6 Å². The lowest BCUT2D eigenvalue weighted by Gasteiger charge is -2.33. The number of amides is 2. The molecule has 7 nitrogen and oxygen atoms in total. The molecule has 1 saturated carbocycles. The Morgan fingerprint density at radius 3 is 2.57 bits per heavy atom. The Hall–Kier alpha value is -2.15. The van der Waals surface area contributed by atoms with Gasteiger partial charge in [0.05, 0.1) is 12.1 Å². The fourth-order valence-corrected chi connectivity index (χ4v) is 2.88. The van der Waals surface area contributed by atoms with Crippen LogP contribution in [0, 0.1) is 0 Å². The molecule has 1 aromatic rings. The van der Waals surface area contributed by atoms with Crippen molar-refractivity contribution >= 4 is 29.4 Å². The quantitative estimate of drug-likeness (QED) is 0.702. The molecule has 1 aliphatic carbocycles.